The lowest BCUT2D eigenvalue weighted by molar-refractivity contribution is -0.134. The quantitative estimate of drug-likeness (QED) is 0.340. The summed E-state index contributed by atoms with van der Waals surface area (Å²) in [5.74, 6) is -1.07. The summed E-state index contributed by atoms with van der Waals surface area (Å²) < 4.78 is 27.5. The Hall–Kier alpha value is -2.99. The minimum atomic E-state index is -0.677. The molecule has 30 heavy (non-hydrogen) atoms. The third-order valence-electron chi connectivity index (χ3n) is 4.93. The minimum absolute atomic E-state index is 0.0562. The van der Waals surface area contributed by atoms with E-state index in [1.54, 1.807) is 11.3 Å². The molecule has 6 nitrogen and oxygen atoms in total. The summed E-state index contributed by atoms with van der Waals surface area (Å²) in [6.07, 6.45) is 3.86. The molecule has 158 valence electrons. The molecule has 1 saturated heterocycles. The van der Waals surface area contributed by atoms with E-state index in [0.717, 1.165) is 35.9 Å². The lowest BCUT2D eigenvalue weighted by Gasteiger charge is -2.42. The van der Waals surface area contributed by atoms with E-state index in [0.29, 0.717) is 26.1 Å². The molecule has 0 radical (unpaired) electrons. The fourth-order valence-corrected chi connectivity index (χ4v) is 4.23. The van der Waals surface area contributed by atoms with Gasteiger partial charge < -0.3 is 9.80 Å². The first-order valence-corrected chi connectivity index (χ1v) is 10.7. The number of guanidine groups is 1. The maximum atomic E-state index is 14.0. The standard InChI is InChI=1S/C21H23F2N5OS/c1-2-4-16-13-27(8-9-28(16)20(29)12-17-5-3-10-30-17)21(25-14-24)26-19-11-15(22)6-7-18(19)23/h3,5-7,10-11,16H,2,4,8-9,12-13H2,1H3,(H,25,26). The second-order valence-electron chi connectivity index (χ2n) is 7.00. The van der Waals surface area contributed by atoms with Gasteiger partial charge in [0.05, 0.1) is 6.42 Å². The Labute approximate surface area is 178 Å². The zero-order valence-corrected chi connectivity index (χ0v) is 17.5. The normalized spacial score (nSPS) is 17.0. The summed E-state index contributed by atoms with van der Waals surface area (Å²) in [7, 11) is 0. The highest BCUT2D eigenvalue weighted by molar-refractivity contribution is 7.10. The van der Waals surface area contributed by atoms with Crippen LogP contribution in [0.25, 0.3) is 0 Å². The maximum Gasteiger partial charge on any atom is 0.228 e. The van der Waals surface area contributed by atoms with Crippen LogP contribution in [0.2, 0.25) is 0 Å². The summed E-state index contributed by atoms with van der Waals surface area (Å²) in [6, 6.07) is 6.82. The average Bonchev–Trinajstić information content (AvgIpc) is 3.23. The van der Waals surface area contributed by atoms with Gasteiger partial charge in [0.1, 0.15) is 17.3 Å². The van der Waals surface area contributed by atoms with E-state index >= 15 is 0 Å². The molecule has 1 atom stereocenters. The second-order valence-corrected chi connectivity index (χ2v) is 8.03. The molecule has 1 unspecified atom stereocenters. The molecule has 9 heteroatoms. The molecular formula is C21H23F2N5OS. The number of carbonyl (C=O) groups is 1. The average molecular weight is 432 g/mol. The van der Waals surface area contributed by atoms with Crippen LogP contribution in [-0.4, -0.2) is 47.3 Å². The molecule has 1 amide bonds. The van der Waals surface area contributed by atoms with Gasteiger partial charge >= 0.3 is 0 Å². The number of hydrogen-bond acceptors (Lipinski definition) is 4. The van der Waals surface area contributed by atoms with Crippen molar-refractivity contribution in [3.8, 4) is 6.19 Å². The number of nitriles is 1. The van der Waals surface area contributed by atoms with Crippen LogP contribution >= 0.6 is 11.3 Å². The molecule has 2 heterocycles. The van der Waals surface area contributed by atoms with Crippen LogP contribution in [0.3, 0.4) is 0 Å². The molecular weight excluding hydrogens is 408 g/mol. The predicted octanol–water partition coefficient (Wildman–Crippen LogP) is 3.64. The predicted molar refractivity (Wildman–Crippen MR) is 112 cm³/mol. The van der Waals surface area contributed by atoms with Crippen molar-refractivity contribution in [3.05, 3.63) is 52.2 Å². The number of thiophene rings is 1. The number of benzene rings is 1. The molecule has 1 fully saturated rings. The molecule has 0 aliphatic carbocycles. The first-order chi connectivity index (χ1) is 14.5. The number of hydrogen-bond donors (Lipinski definition) is 1. The van der Waals surface area contributed by atoms with Gasteiger partial charge in [-0.1, -0.05) is 19.4 Å². The van der Waals surface area contributed by atoms with Crippen LogP contribution in [0.1, 0.15) is 24.6 Å². The second kappa shape index (κ2) is 10.2. The summed E-state index contributed by atoms with van der Waals surface area (Å²) in [5, 5.41) is 13.6. The highest BCUT2D eigenvalue weighted by Gasteiger charge is 2.31. The zero-order chi connectivity index (χ0) is 21.5. The van der Waals surface area contributed by atoms with Crippen LogP contribution < -0.4 is 5.32 Å². The minimum Gasteiger partial charge on any atom is -0.338 e. The van der Waals surface area contributed by atoms with Gasteiger partial charge in [-0.2, -0.15) is 5.26 Å². The van der Waals surface area contributed by atoms with Crippen molar-refractivity contribution < 1.29 is 13.6 Å². The molecule has 2 aromatic rings. The Morgan fingerprint density at radius 2 is 2.20 bits per heavy atom. The van der Waals surface area contributed by atoms with Crippen molar-refractivity contribution in [1.29, 1.82) is 5.26 Å². The van der Waals surface area contributed by atoms with Crippen molar-refractivity contribution in [1.82, 2.24) is 15.1 Å². The summed E-state index contributed by atoms with van der Waals surface area (Å²) in [4.78, 5) is 21.7. The van der Waals surface area contributed by atoms with Gasteiger partial charge in [-0.05, 0) is 30.0 Å². The van der Waals surface area contributed by atoms with E-state index in [4.69, 9.17) is 5.26 Å². The number of aliphatic imine (C=N–C) groups is 1. The highest BCUT2D eigenvalue weighted by atomic mass is 32.1. The van der Waals surface area contributed by atoms with Gasteiger partial charge in [0.25, 0.3) is 0 Å². The first kappa shape index (κ1) is 21.7. The lowest BCUT2D eigenvalue weighted by Crippen LogP contribution is -2.58. The van der Waals surface area contributed by atoms with Crippen LogP contribution in [0.4, 0.5) is 14.5 Å². The molecule has 1 N–H and O–H groups in total. The number of amides is 1. The zero-order valence-electron chi connectivity index (χ0n) is 16.6. The fraction of sp³-hybridized carbons (Fsp3) is 0.381. The largest absolute Gasteiger partial charge is 0.338 e. The molecule has 0 spiro atoms. The summed E-state index contributed by atoms with van der Waals surface area (Å²) in [6.45, 7) is 3.40. The van der Waals surface area contributed by atoms with Gasteiger partial charge in [-0.3, -0.25) is 10.1 Å². The smallest absolute Gasteiger partial charge is 0.228 e. The Bertz CT molecular complexity index is 941. The van der Waals surface area contributed by atoms with Crippen LogP contribution in [0, 0.1) is 23.1 Å². The van der Waals surface area contributed by atoms with E-state index in [-0.39, 0.29) is 23.6 Å². The van der Waals surface area contributed by atoms with Gasteiger partial charge in [0.15, 0.2) is 6.19 Å². The lowest BCUT2D eigenvalue weighted by atomic mass is 10.1. The molecule has 0 saturated carbocycles. The number of nitrogens with zero attached hydrogens (tertiary/aromatic N) is 4. The first-order valence-electron chi connectivity index (χ1n) is 9.77. The molecule has 1 aromatic heterocycles. The molecule has 1 aliphatic heterocycles. The number of rotatable bonds is 5. The molecule has 0 bridgehead atoms. The fourth-order valence-electron chi connectivity index (χ4n) is 3.53. The third kappa shape index (κ3) is 5.33. The SMILES string of the molecule is CCCC1CN(C(=Nc2cc(F)ccc2F)NC#N)CCN1C(=O)Cc1cccs1. The Kier molecular flexibility index (Phi) is 7.36. The van der Waals surface area contributed by atoms with Crippen LogP contribution in [0.5, 0.6) is 0 Å². The van der Waals surface area contributed by atoms with Gasteiger partial charge in [-0.25, -0.2) is 13.8 Å². The highest BCUT2D eigenvalue weighted by Crippen LogP contribution is 2.22. The number of piperazine rings is 1. The monoisotopic (exact) mass is 431 g/mol. The Morgan fingerprint density at radius 3 is 2.90 bits per heavy atom. The van der Waals surface area contributed by atoms with E-state index in [2.05, 4.69) is 10.3 Å². The van der Waals surface area contributed by atoms with Crippen molar-refractivity contribution in [2.75, 3.05) is 19.6 Å². The van der Waals surface area contributed by atoms with Gasteiger partial charge in [-0.15, -0.1) is 11.3 Å². The Morgan fingerprint density at radius 1 is 1.37 bits per heavy atom. The number of halogens is 2. The molecule has 1 aromatic carbocycles. The van der Waals surface area contributed by atoms with E-state index in [9.17, 15) is 13.6 Å². The number of carbonyl (C=O) groups excluding carboxylic acids is 1. The topological polar surface area (TPSA) is 71.7 Å². The summed E-state index contributed by atoms with van der Waals surface area (Å²) in [5.41, 5.74) is -0.184. The molecule has 1 aliphatic rings. The van der Waals surface area contributed by atoms with Gasteiger partial charge in [0.2, 0.25) is 11.9 Å². The van der Waals surface area contributed by atoms with Crippen LogP contribution in [0.15, 0.2) is 40.7 Å². The number of nitrogens with one attached hydrogen (secondary N) is 1. The van der Waals surface area contributed by atoms with Gasteiger partial charge in [0, 0.05) is 36.6 Å². The van der Waals surface area contributed by atoms with Crippen molar-refractivity contribution in [2.45, 2.75) is 32.2 Å². The maximum absolute atomic E-state index is 14.0. The molecule has 3 rings (SSSR count). The third-order valence-corrected chi connectivity index (χ3v) is 5.81. The van der Waals surface area contributed by atoms with Crippen molar-refractivity contribution in [3.63, 3.8) is 0 Å². The summed E-state index contributed by atoms with van der Waals surface area (Å²) >= 11 is 1.56. The van der Waals surface area contributed by atoms with E-state index < -0.39 is 11.6 Å². The van der Waals surface area contributed by atoms with Crippen molar-refractivity contribution >= 4 is 28.9 Å². The van der Waals surface area contributed by atoms with E-state index in [1.807, 2.05) is 40.4 Å². The van der Waals surface area contributed by atoms with Crippen LogP contribution in [-0.2, 0) is 11.2 Å². The Balaban J connectivity index is 1.79. The van der Waals surface area contributed by atoms with Crippen molar-refractivity contribution in [2.24, 2.45) is 4.99 Å². The van der Waals surface area contributed by atoms with E-state index in [1.165, 1.54) is 0 Å².